The van der Waals surface area contributed by atoms with Crippen LogP contribution in [0, 0.1) is 0 Å². The normalized spacial score (nSPS) is 11.2. The number of carbonyl (C=O) groups excluding carboxylic acids is 1. The number of benzene rings is 1. The number of hydrogen-bond acceptors (Lipinski definition) is 3. The molecule has 0 saturated heterocycles. The highest BCUT2D eigenvalue weighted by Gasteiger charge is 2.23. The maximum absolute atomic E-state index is 11.7. The smallest absolute Gasteiger partial charge is 0.264 e. The van der Waals surface area contributed by atoms with E-state index in [0.29, 0.717) is 11.4 Å². The number of carbonyl (C=O) groups is 1. The third kappa shape index (κ3) is 3.45. The molecule has 0 fully saturated rings. The number of aromatic nitrogens is 2. The number of nitrogens with one attached hydrogen (secondary N) is 2. The second-order valence-electron chi connectivity index (χ2n) is 4.81. The number of rotatable bonds is 3. The SMILES string of the molecule is CC(C)(Cl)C(=O)Nc1ccc(-c2ccc(=O)[nH]n2)cc1. The molecule has 2 aromatic rings. The van der Waals surface area contributed by atoms with Gasteiger partial charge >= 0.3 is 0 Å². The van der Waals surface area contributed by atoms with Gasteiger partial charge in [-0.1, -0.05) is 12.1 Å². The van der Waals surface area contributed by atoms with Gasteiger partial charge in [-0.15, -0.1) is 11.6 Å². The Morgan fingerprint density at radius 3 is 2.35 bits per heavy atom. The fraction of sp³-hybridized carbons (Fsp3) is 0.214. The van der Waals surface area contributed by atoms with Crippen molar-refractivity contribution in [1.82, 2.24) is 10.2 Å². The number of aromatic amines is 1. The highest BCUT2D eigenvalue weighted by molar-refractivity contribution is 6.35. The molecule has 5 nitrogen and oxygen atoms in total. The monoisotopic (exact) mass is 291 g/mol. The number of halogens is 1. The van der Waals surface area contributed by atoms with Crippen LogP contribution < -0.4 is 10.9 Å². The standard InChI is InChI=1S/C14H14ClN3O2/c1-14(2,15)13(20)16-10-5-3-9(4-6-10)11-7-8-12(19)18-17-11/h3-8H,1-2H3,(H,16,20)(H,18,19). The van der Waals surface area contributed by atoms with Crippen LogP contribution in [-0.2, 0) is 4.79 Å². The van der Waals surface area contributed by atoms with Crippen molar-refractivity contribution in [3.05, 3.63) is 46.8 Å². The van der Waals surface area contributed by atoms with Gasteiger partial charge in [0.2, 0.25) is 5.91 Å². The van der Waals surface area contributed by atoms with Crippen molar-refractivity contribution < 1.29 is 4.79 Å². The topological polar surface area (TPSA) is 74.8 Å². The third-order valence-corrected chi connectivity index (χ3v) is 2.83. The van der Waals surface area contributed by atoms with Crippen LogP contribution in [0.5, 0.6) is 0 Å². The van der Waals surface area contributed by atoms with E-state index < -0.39 is 4.87 Å². The minimum absolute atomic E-state index is 0.248. The van der Waals surface area contributed by atoms with Crippen LogP contribution in [0.2, 0.25) is 0 Å². The number of alkyl halides is 1. The Morgan fingerprint density at radius 2 is 1.85 bits per heavy atom. The van der Waals surface area contributed by atoms with Crippen molar-refractivity contribution >= 4 is 23.2 Å². The zero-order chi connectivity index (χ0) is 14.8. The maximum Gasteiger partial charge on any atom is 0.264 e. The number of H-pyrrole nitrogens is 1. The summed E-state index contributed by atoms with van der Waals surface area (Å²) in [7, 11) is 0. The predicted molar refractivity (Wildman–Crippen MR) is 78.9 cm³/mol. The van der Waals surface area contributed by atoms with E-state index in [1.807, 2.05) is 0 Å². The largest absolute Gasteiger partial charge is 0.325 e. The molecule has 20 heavy (non-hydrogen) atoms. The highest BCUT2D eigenvalue weighted by atomic mass is 35.5. The first-order valence-electron chi connectivity index (χ1n) is 6.03. The fourth-order valence-corrected chi connectivity index (χ4v) is 1.56. The average Bonchev–Trinajstić information content (AvgIpc) is 2.39. The van der Waals surface area contributed by atoms with Gasteiger partial charge in [0.25, 0.3) is 5.56 Å². The molecule has 0 atom stereocenters. The number of anilines is 1. The molecule has 6 heteroatoms. The minimum atomic E-state index is -0.959. The molecule has 2 N–H and O–H groups in total. The molecule has 0 aliphatic carbocycles. The maximum atomic E-state index is 11.7. The Bertz CT molecular complexity index is 652. The Balaban J connectivity index is 2.16. The molecule has 1 aromatic carbocycles. The number of amides is 1. The summed E-state index contributed by atoms with van der Waals surface area (Å²) in [5.74, 6) is -0.269. The van der Waals surface area contributed by atoms with Crippen LogP contribution in [0.4, 0.5) is 5.69 Å². The second-order valence-corrected chi connectivity index (χ2v) is 5.76. The van der Waals surface area contributed by atoms with Crippen LogP contribution in [0.1, 0.15) is 13.8 Å². The zero-order valence-corrected chi connectivity index (χ0v) is 11.9. The molecule has 0 radical (unpaired) electrons. The van der Waals surface area contributed by atoms with E-state index in [2.05, 4.69) is 15.5 Å². The van der Waals surface area contributed by atoms with Crippen molar-refractivity contribution in [1.29, 1.82) is 0 Å². The van der Waals surface area contributed by atoms with Crippen molar-refractivity contribution in [2.75, 3.05) is 5.32 Å². The van der Waals surface area contributed by atoms with E-state index in [1.165, 1.54) is 6.07 Å². The average molecular weight is 292 g/mol. The quantitative estimate of drug-likeness (QED) is 0.853. The van der Waals surface area contributed by atoms with Crippen molar-refractivity contribution in [3.63, 3.8) is 0 Å². The van der Waals surface area contributed by atoms with E-state index in [-0.39, 0.29) is 11.5 Å². The van der Waals surface area contributed by atoms with Crippen LogP contribution in [0.25, 0.3) is 11.3 Å². The van der Waals surface area contributed by atoms with E-state index >= 15 is 0 Å². The predicted octanol–water partition coefficient (Wildman–Crippen LogP) is 2.39. The molecule has 104 valence electrons. The Kier molecular flexibility index (Phi) is 3.90. The summed E-state index contributed by atoms with van der Waals surface area (Å²) in [5.41, 5.74) is 1.89. The van der Waals surface area contributed by atoms with Crippen molar-refractivity contribution in [2.45, 2.75) is 18.7 Å². The summed E-state index contributed by atoms with van der Waals surface area (Å²) in [6.45, 7) is 3.25. The zero-order valence-electron chi connectivity index (χ0n) is 11.1. The second kappa shape index (κ2) is 5.46. The lowest BCUT2D eigenvalue weighted by Gasteiger charge is -2.15. The Hall–Kier alpha value is -2.14. The Morgan fingerprint density at radius 1 is 1.20 bits per heavy atom. The van der Waals surface area contributed by atoms with Gasteiger partial charge in [-0.2, -0.15) is 5.10 Å². The van der Waals surface area contributed by atoms with Crippen molar-refractivity contribution in [3.8, 4) is 11.3 Å². The van der Waals surface area contributed by atoms with Crippen LogP contribution >= 0.6 is 11.6 Å². The van der Waals surface area contributed by atoms with Gasteiger partial charge in [0.15, 0.2) is 0 Å². The highest BCUT2D eigenvalue weighted by Crippen LogP contribution is 2.20. The molecule has 0 aliphatic heterocycles. The molecule has 1 aromatic heterocycles. The summed E-state index contributed by atoms with van der Waals surface area (Å²) in [5, 5.41) is 9.03. The molecule has 0 saturated carbocycles. The molecule has 0 bridgehead atoms. The van der Waals surface area contributed by atoms with E-state index in [4.69, 9.17) is 11.6 Å². The lowest BCUT2D eigenvalue weighted by molar-refractivity contribution is -0.117. The molecule has 0 unspecified atom stereocenters. The van der Waals surface area contributed by atoms with Crippen LogP contribution in [0.3, 0.4) is 0 Å². The Labute approximate surface area is 121 Å². The summed E-state index contributed by atoms with van der Waals surface area (Å²) in [6.07, 6.45) is 0. The molecular weight excluding hydrogens is 278 g/mol. The van der Waals surface area contributed by atoms with Crippen molar-refractivity contribution in [2.24, 2.45) is 0 Å². The minimum Gasteiger partial charge on any atom is -0.325 e. The van der Waals surface area contributed by atoms with E-state index in [1.54, 1.807) is 44.2 Å². The summed E-state index contributed by atoms with van der Waals surface area (Å²) in [4.78, 5) is 21.7. The number of nitrogens with zero attached hydrogens (tertiary/aromatic N) is 1. The van der Waals surface area contributed by atoms with E-state index in [9.17, 15) is 9.59 Å². The number of hydrogen-bond donors (Lipinski definition) is 2. The van der Waals surface area contributed by atoms with Gasteiger partial charge in [-0.25, -0.2) is 5.10 Å². The first-order chi connectivity index (χ1) is 9.36. The molecule has 0 aliphatic rings. The van der Waals surface area contributed by atoms with E-state index in [0.717, 1.165) is 5.56 Å². The molecule has 1 heterocycles. The lowest BCUT2D eigenvalue weighted by Crippen LogP contribution is -2.31. The van der Waals surface area contributed by atoms with Gasteiger partial charge < -0.3 is 5.32 Å². The van der Waals surface area contributed by atoms with Gasteiger partial charge in [-0.3, -0.25) is 9.59 Å². The molecule has 2 rings (SSSR count). The van der Waals surface area contributed by atoms with Crippen LogP contribution in [0.15, 0.2) is 41.2 Å². The molecular formula is C14H14ClN3O2. The third-order valence-electron chi connectivity index (χ3n) is 2.66. The summed E-state index contributed by atoms with van der Waals surface area (Å²) in [6, 6.07) is 10.2. The molecule has 1 amide bonds. The summed E-state index contributed by atoms with van der Waals surface area (Å²) >= 11 is 5.92. The first-order valence-corrected chi connectivity index (χ1v) is 6.40. The lowest BCUT2D eigenvalue weighted by atomic mass is 10.1. The summed E-state index contributed by atoms with van der Waals surface area (Å²) < 4.78 is 0. The molecule has 0 spiro atoms. The van der Waals surface area contributed by atoms with Gasteiger partial charge in [0.1, 0.15) is 4.87 Å². The fourth-order valence-electron chi connectivity index (χ4n) is 1.51. The van der Waals surface area contributed by atoms with Gasteiger partial charge in [0.05, 0.1) is 5.69 Å². The van der Waals surface area contributed by atoms with Gasteiger partial charge in [-0.05, 0) is 32.0 Å². The van der Waals surface area contributed by atoms with Gasteiger partial charge in [0, 0.05) is 17.3 Å². The van der Waals surface area contributed by atoms with Crippen LogP contribution in [-0.4, -0.2) is 21.0 Å². The first kappa shape index (κ1) is 14.3.